The Morgan fingerprint density at radius 2 is 1.08 bits per heavy atom. The van der Waals surface area contributed by atoms with Gasteiger partial charge in [0.1, 0.15) is 17.8 Å². The number of para-hydroxylation sites is 5. The smallest absolute Gasteiger partial charge is 0.276 e. The molecular formula is C44H27BN6. The van der Waals surface area contributed by atoms with E-state index in [1.165, 1.54) is 60.6 Å². The van der Waals surface area contributed by atoms with E-state index in [9.17, 15) is 0 Å². The summed E-state index contributed by atoms with van der Waals surface area (Å²) in [4.78, 5) is 12.2. The Balaban J connectivity index is 1.37. The lowest BCUT2D eigenvalue weighted by Crippen LogP contribution is -2.62. The summed E-state index contributed by atoms with van der Waals surface area (Å²) in [6.07, 6.45) is 3.70. The van der Waals surface area contributed by atoms with Gasteiger partial charge in [-0.05, 0) is 65.5 Å². The predicted molar refractivity (Wildman–Crippen MR) is 209 cm³/mol. The van der Waals surface area contributed by atoms with Gasteiger partial charge in [-0.1, -0.05) is 97.1 Å². The highest BCUT2D eigenvalue weighted by atomic mass is 15.2. The monoisotopic (exact) mass is 650 g/mol. The fourth-order valence-corrected chi connectivity index (χ4v) is 9.11. The van der Waals surface area contributed by atoms with Gasteiger partial charge in [0.05, 0.1) is 22.2 Å². The summed E-state index contributed by atoms with van der Waals surface area (Å²) in [5.74, 6) is 1.11. The van der Waals surface area contributed by atoms with Crippen LogP contribution in [0.15, 0.2) is 164 Å². The molecule has 7 heteroatoms. The molecule has 0 fully saturated rings. The van der Waals surface area contributed by atoms with Crippen molar-refractivity contribution in [3.63, 3.8) is 0 Å². The molecule has 0 radical (unpaired) electrons. The van der Waals surface area contributed by atoms with Crippen LogP contribution < -0.4 is 21.4 Å². The summed E-state index contributed by atoms with van der Waals surface area (Å²) in [5.41, 5.74) is 13.9. The van der Waals surface area contributed by atoms with E-state index in [4.69, 9.17) is 4.98 Å². The van der Waals surface area contributed by atoms with Crippen LogP contribution >= 0.6 is 0 Å². The van der Waals surface area contributed by atoms with Crippen LogP contribution in [0.2, 0.25) is 0 Å². The number of hydrogen-bond acceptors (Lipinski definition) is 3. The summed E-state index contributed by atoms with van der Waals surface area (Å²) in [5, 5.41) is 4.74. The summed E-state index contributed by atoms with van der Waals surface area (Å²) >= 11 is 0. The number of anilines is 3. The van der Waals surface area contributed by atoms with Gasteiger partial charge in [-0.3, -0.25) is 9.13 Å². The van der Waals surface area contributed by atoms with Crippen LogP contribution in [0.3, 0.4) is 0 Å². The quantitative estimate of drug-likeness (QED) is 0.182. The van der Waals surface area contributed by atoms with Crippen LogP contribution in [0.25, 0.3) is 60.9 Å². The highest BCUT2D eigenvalue weighted by Crippen LogP contribution is 2.46. The first-order valence-corrected chi connectivity index (χ1v) is 17.4. The average Bonchev–Trinajstić information content (AvgIpc) is 3.85. The minimum atomic E-state index is -0.128. The molecule has 12 rings (SSSR count). The number of benzene rings is 6. The number of fused-ring (bicyclic) bond motifs is 12. The maximum atomic E-state index is 5.03. The average molecular weight is 651 g/mol. The fourth-order valence-electron chi connectivity index (χ4n) is 9.11. The van der Waals surface area contributed by atoms with Gasteiger partial charge in [0.2, 0.25) is 0 Å². The normalized spacial score (nSPS) is 13.0. The highest BCUT2D eigenvalue weighted by molar-refractivity contribution is 7.01. The van der Waals surface area contributed by atoms with Gasteiger partial charge in [0, 0.05) is 56.1 Å². The molecule has 0 aliphatic carbocycles. The first kappa shape index (κ1) is 27.0. The van der Waals surface area contributed by atoms with E-state index in [0.29, 0.717) is 0 Å². The van der Waals surface area contributed by atoms with E-state index in [1.807, 2.05) is 6.20 Å². The van der Waals surface area contributed by atoms with Gasteiger partial charge in [0.25, 0.3) is 6.71 Å². The van der Waals surface area contributed by atoms with E-state index in [-0.39, 0.29) is 6.71 Å². The first-order valence-electron chi connectivity index (χ1n) is 17.4. The molecule has 6 aromatic carbocycles. The van der Waals surface area contributed by atoms with Gasteiger partial charge in [0.15, 0.2) is 0 Å². The van der Waals surface area contributed by atoms with Crippen LogP contribution in [0.5, 0.6) is 0 Å². The Kier molecular flexibility index (Phi) is 5.23. The lowest BCUT2D eigenvalue weighted by molar-refractivity contribution is 0.987. The second-order valence-corrected chi connectivity index (χ2v) is 13.4. The van der Waals surface area contributed by atoms with Gasteiger partial charge in [-0.25, -0.2) is 9.97 Å². The van der Waals surface area contributed by atoms with Gasteiger partial charge in [-0.15, -0.1) is 0 Å². The molecular weight excluding hydrogens is 623 g/mol. The van der Waals surface area contributed by atoms with Gasteiger partial charge in [-0.2, -0.15) is 0 Å². The Morgan fingerprint density at radius 1 is 0.471 bits per heavy atom. The molecule has 6 nitrogen and oxygen atoms in total. The topological polar surface area (TPSA) is 43.8 Å². The maximum absolute atomic E-state index is 5.03. The standard InChI is InChI=1S/C44H27BN6/c1-4-14-28(15-5-1)48-37-25-24-32-31-20-10-12-22-35(31)51-40(32)39(37)45(38-34-26-46-27-47-43(34)50(44(38)51)30-18-8-3-9-19-30)42-41(48)33-21-11-13-23-36(33)49(42)29-16-6-2-7-17-29/h1-27H. The molecule has 2 aliphatic rings. The minimum Gasteiger partial charge on any atom is -0.319 e. The molecule has 6 heterocycles. The van der Waals surface area contributed by atoms with Crippen LogP contribution in [-0.2, 0) is 0 Å². The second kappa shape index (κ2) is 9.86. The molecule has 4 aromatic heterocycles. The lowest BCUT2D eigenvalue weighted by Gasteiger charge is -2.38. The van der Waals surface area contributed by atoms with Crippen LogP contribution in [-0.4, -0.2) is 30.4 Å². The Morgan fingerprint density at radius 3 is 1.80 bits per heavy atom. The predicted octanol–water partition coefficient (Wildman–Crippen LogP) is 8.07. The molecule has 236 valence electrons. The van der Waals surface area contributed by atoms with Crippen molar-refractivity contribution in [2.24, 2.45) is 0 Å². The Labute approximate surface area is 293 Å². The van der Waals surface area contributed by atoms with E-state index in [2.05, 4.69) is 175 Å². The summed E-state index contributed by atoms with van der Waals surface area (Å²) in [6.45, 7) is -0.128. The summed E-state index contributed by atoms with van der Waals surface area (Å²) in [7, 11) is 0. The van der Waals surface area contributed by atoms with Gasteiger partial charge < -0.3 is 9.47 Å². The third-order valence-corrected chi connectivity index (χ3v) is 11.0. The van der Waals surface area contributed by atoms with E-state index < -0.39 is 0 Å². The number of nitrogens with zero attached hydrogens (tertiary/aromatic N) is 6. The van der Waals surface area contributed by atoms with Crippen LogP contribution in [0, 0.1) is 0 Å². The van der Waals surface area contributed by atoms with Crippen molar-refractivity contribution in [1.29, 1.82) is 0 Å². The molecule has 0 unspecified atom stereocenters. The van der Waals surface area contributed by atoms with Crippen molar-refractivity contribution in [3.8, 4) is 17.2 Å². The molecule has 0 spiro atoms. The Hall–Kier alpha value is -6.86. The second-order valence-electron chi connectivity index (χ2n) is 13.4. The third kappa shape index (κ3) is 3.37. The van der Waals surface area contributed by atoms with Crippen molar-refractivity contribution in [2.75, 3.05) is 4.90 Å². The maximum Gasteiger partial charge on any atom is 0.276 e. The van der Waals surface area contributed by atoms with Crippen molar-refractivity contribution in [1.82, 2.24) is 23.7 Å². The molecule has 10 aromatic rings. The minimum absolute atomic E-state index is 0.128. The van der Waals surface area contributed by atoms with Crippen molar-refractivity contribution in [2.45, 2.75) is 0 Å². The Bertz CT molecular complexity index is 3030. The molecule has 51 heavy (non-hydrogen) atoms. The molecule has 0 saturated heterocycles. The fraction of sp³-hybridized carbons (Fsp3) is 0. The molecule has 2 aliphatic heterocycles. The summed E-state index contributed by atoms with van der Waals surface area (Å²) < 4.78 is 7.37. The van der Waals surface area contributed by atoms with E-state index in [1.54, 1.807) is 6.33 Å². The van der Waals surface area contributed by atoms with E-state index in [0.717, 1.165) is 33.9 Å². The van der Waals surface area contributed by atoms with E-state index >= 15 is 0 Å². The number of hydrogen-bond donors (Lipinski definition) is 0. The van der Waals surface area contributed by atoms with Crippen molar-refractivity contribution in [3.05, 3.63) is 164 Å². The zero-order valence-corrected chi connectivity index (χ0v) is 27.3. The number of rotatable bonds is 3. The lowest BCUT2D eigenvalue weighted by atomic mass is 9.35. The van der Waals surface area contributed by atoms with Crippen LogP contribution in [0.1, 0.15) is 0 Å². The highest BCUT2D eigenvalue weighted by Gasteiger charge is 2.48. The summed E-state index contributed by atoms with van der Waals surface area (Å²) in [6, 6.07) is 54.7. The molecule has 0 N–H and O–H groups in total. The SMILES string of the molecule is c1ccc(N2c3ccc4c5ccccc5n5c4c3B(c3c-5n(-c4ccccc4)c4ncncc34)c3c2c2ccccc2n3-c2ccccc2)cc1. The number of aromatic nitrogens is 5. The third-order valence-electron chi connectivity index (χ3n) is 11.0. The van der Waals surface area contributed by atoms with Gasteiger partial charge >= 0.3 is 0 Å². The van der Waals surface area contributed by atoms with Crippen LogP contribution in [0.4, 0.5) is 17.1 Å². The first-order chi connectivity index (χ1) is 25.4. The van der Waals surface area contributed by atoms with Crippen molar-refractivity contribution >= 4 is 84.0 Å². The molecule has 0 saturated carbocycles. The molecule has 0 atom stereocenters. The molecule has 0 amide bonds. The molecule has 0 bridgehead atoms. The zero-order chi connectivity index (χ0) is 33.2. The van der Waals surface area contributed by atoms with Crippen molar-refractivity contribution < 1.29 is 0 Å². The zero-order valence-electron chi connectivity index (χ0n) is 27.3. The largest absolute Gasteiger partial charge is 0.319 e.